The first-order chi connectivity index (χ1) is 8.49. The predicted octanol–water partition coefficient (Wildman–Crippen LogP) is 1.86. The van der Waals surface area contributed by atoms with Gasteiger partial charge in [0.15, 0.2) is 0 Å². The summed E-state index contributed by atoms with van der Waals surface area (Å²) in [5, 5.41) is 0.102. The number of nitrogens with zero attached hydrogens (tertiary/aromatic N) is 1. The van der Waals surface area contributed by atoms with Gasteiger partial charge in [-0.25, -0.2) is 4.79 Å². The van der Waals surface area contributed by atoms with Gasteiger partial charge in [0.25, 0.3) is 5.56 Å². The van der Waals surface area contributed by atoms with Crippen molar-refractivity contribution in [2.45, 2.75) is 20.4 Å². The Morgan fingerprint density at radius 1 is 1.28 bits per heavy atom. The van der Waals surface area contributed by atoms with Crippen molar-refractivity contribution in [3.05, 3.63) is 66.9 Å². The molecule has 1 aromatic heterocycles. The predicted molar refractivity (Wildman–Crippen MR) is 71.4 cm³/mol. The lowest BCUT2D eigenvalue weighted by Crippen LogP contribution is -2.36. The van der Waals surface area contributed by atoms with Crippen LogP contribution >= 0.6 is 11.6 Å². The molecule has 4 nitrogen and oxygen atoms in total. The van der Waals surface area contributed by atoms with Gasteiger partial charge in [-0.1, -0.05) is 41.4 Å². The second-order valence-electron chi connectivity index (χ2n) is 4.25. The summed E-state index contributed by atoms with van der Waals surface area (Å²) in [4.78, 5) is 26.1. The summed E-state index contributed by atoms with van der Waals surface area (Å²) in [6.45, 7) is 3.80. The topological polar surface area (TPSA) is 54.9 Å². The van der Waals surface area contributed by atoms with E-state index in [1.54, 1.807) is 6.92 Å². The third-order valence-corrected chi connectivity index (χ3v) is 3.16. The molecule has 0 aliphatic heterocycles. The minimum atomic E-state index is -0.489. The average Bonchev–Trinajstić information content (AvgIpc) is 2.32. The maximum atomic E-state index is 12.0. The van der Waals surface area contributed by atoms with Gasteiger partial charge >= 0.3 is 5.69 Å². The lowest BCUT2D eigenvalue weighted by atomic mass is 10.1. The Morgan fingerprint density at radius 2 is 2.00 bits per heavy atom. The average molecular weight is 265 g/mol. The van der Waals surface area contributed by atoms with E-state index in [2.05, 4.69) is 4.98 Å². The van der Waals surface area contributed by atoms with Crippen molar-refractivity contribution >= 4 is 11.6 Å². The van der Waals surface area contributed by atoms with E-state index in [0.29, 0.717) is 5.56 Å². The molecule has 0 bridgehead atoms. The van der Waals surface area contributed by atoms with Gasteiger partial charge in [0.05, 0.1) is 6.54 Å². The van der Waals surface area contributed by atoms with Gasteiger partial charge < -0.3 is 0 Å². The number of hydrogen-bond donors (Lipinski definition) is 1. The monoisotopic (exact) mass is 264 g/mol. The van der Waals surface area contributed by atoms with Gasteiger partial charge in [-0.3, -0.25) is 14.3 Å². The van der Waals surface area contributed by atoms with Gasteiger partial charge in [-0.15, -0.1) is 0 Å². The van der Waals surface area contributed by atoms with Crippen LogP contribution in [-0.4, -0.2) is 9.55 Å². The number of halogens is 1. The molecule has 1 heterocycles. The number of aromatic nitrogens is 2. The molecule has 94 valence electrons. The Bertz CT molecular complexity index is 701. The van der Waals surface area contributed by atoms with E-state index in [9.17, 15) is 9.59 Å². The van der Waals surface area contributed by atoms with Crippen molar-refractivity contribution < 1.29 is 0 Å². The Balaban J connectivity index is 2.51. The smallest absolute Gasteiger partial charge is 0.297 e. The highest BCUT2D eigenvalue weighted by Gasteiger charge is 2.09. The fourth-order valence-corrected chi connectivity index (χ4v) is 1.94. The van der Waals surface area contributed by atoms with Crippen molar-refractivity contribution in [3.8, 4) is 0 Å². The molecule has 1 aromatic carbocycles. The summed E-state index contributed by atoms with van der Waals surface area (Å²) in [5.74, 6) is 0. The van der Waals surface area contributed by atoms with Crippen LogP contribution in [0.1, 0.15) is 16.7 Å². The molecule has 0 amide bonds. The molecule has 0 aliphatic carbocycles. The molecular weight excluding hydrogens is 252 g/mol. The quantitative estimate of drug-likeness (QED) is 0.842. The van der Waals surface area contributed by atoms with Gasteiger partial charge in [-0.2, -0.15) is 0 Å². The first kappa shape index (κ1) is 12.6. The molecule has 0 unspecified atom stereocenters. The summed E-state index contributed by atoms with van der Waals surface area (Å²) < 4.78 is 1.15. The molecule has 2 rings (SSSR count). The SMILES string of the molecule is Cc1cccc(Cn2c(=O)[nH]c(Cl)c(C)c2=O)c1. The molecule has 0 saturated heterocycles. The third kappa shape index (κ3) is 2.38. The summed E-state index contributed by atoms with van der Waals surface area (Å²) in [6.07, 6.45) is 0. The van der Waals surface area contributed by atoms with Crippen molar-refractivity contribution in [1.29, 1.82) is 0 Å². The van der Waals surface area contributed by atoms with E-state index in [0.717, 1.165) is 15.7 Å². The summed E-state index contributed by atoms with van der Waals surface area (Å²) in [7, 11) is 0. The number of nitrogens with one attached hydrogen (secondary N) is 1. The normalized spacial score (nSPS) is 10.6. The number of aromatic amines is 1. The van der Waals surface area contributed by atoms with Crippen LogP contribution < -0.4 is 11.2 Å². The fourth-order valence-electron chi connectivity index (χ4n) is 1.78. The van der Waals surface area contributed by atoms with Gasteiger partial charge in [0.1, 0.15) is 5.15 Å². The number of rotatable bonds is 2. The van der Waals surface area contributed by atoms with Crippen molar-refractivity contribution in [2.75, 3.05) is 0 Å². The number of benzene rings is 1. The van der Waals surface area contributed by atoms with Crippen LogP contribution in [0.2, 0.25) is 5.15 Å². The largest absolute Gasteiger partial charge is 0.329 e. The van der Waals surface area contributed by atoms with Crippen LogP contribution in [0, 0.1) is 13.8 Å². The van der Waals surface area contributed by atoms with Crippen molar-refractivity contribution in [1.82, 2.24) is 9.55 Å². The minimum Gasteiger partial charge on any atom is -0.297 e. The lowest BCUT2D eigenvalue weighted by molar-refractivity contribution is 0.691. The van der Waals surface area contributed by atoms with Crippen LogP contribution in [0.5, 0.6) is 0 Å². The molecule has 1 N–H and O–H groups in total. The standard InChI is InChI=1S/C13H13ClN2O2/c1-8-4-3-5-10(6-8)7-16-12(17)9(2)11(14)15-13(16)18/h3-6H,7H2,1-2H3,(H,15,18). The summed E-state index contributed by atoms with van der Waals surface area (Å²) in [5.41, 5.74) is 1.50. The van der Waals surface area contributed by atoms with Crippen LogP contribution in [0.15, 0.2) is 33.9 Å². The number of H-pyrrole nitrogens is 1. The van der Waals surface area contributed by atoms with Crippen LogP contribution in [0.4, 0.5) is 0 Å². The fraction of sp³-hybridized carbons (Fsp3) is 0.231. The summed E-state index contributed by atoms with van der Waals surface area (Å²) in [6, 6.07) is 7.68. The second kappa shape index (κ2) is 4.82. The molecule has 0 atom stereocenters. The zero-order valence-corrected chi connectivity index (χ0v) is 10.9. The Kier molecular flexibility index (Phi) is 3.39. The van der Waals surface area contributed by atoms with Crippen LogP contribution in [0.3, 0.4) is 0 Å². The molecule has 2 aromatic rings. The van der Waals surface area contributed by atoms with Gasteiger partial charge in [0, 0.05) is 5.56 Å². The molecule has 0 fully saturated rings. The van der Waals surface area contributed by atoms with Gasteiger partial charge in [-0.05, 0) is 19.4 Å². The molecule has 0 saturated carbocycles. The highest BCUT2D eigenvalue weighted by molar-refractivity contribution is 6.30. The molecule has 5 heteroatoms. The van der Waals surface area contributed by atoms with E-state index < -0.39 is 5.69 Å². The number of hydrogen-bond acceptors (Lipinski definition) is 2. The minimum absolute atomic E-state index is 0.102. The van der Waals surface area contributed by atoms with Crippen molar-refractivity contribution in [3.63, 3.8) is 0 Å². The summed E-state index contributed by atoms with van der Waals surface area (Å²) >= 11 is 5.75. The lowest BCUT2D eigenvalue weighted by Gasteiger charge is -2.07. The van der Waals surface area contributed by atoms with E-state index in [-0.39, 0.29) is 17.3 Å². The first-order valence-electron chi connectivity index (χ1n) is 5.54. The zero-order chi connectivity index (χ0) is 13.3. The molecule has 0 aliphatic rings. The Hall–Kier alpha value is -1.81. The molecular formula is C13H13ClN2O2. The molecule has 0 radical (unpaired) electrons. The highest BCUT2D eigenvalue weighted by atomic mass is 35.5. The van der Waals surface area contributed by atoms with Crippen LogP contribution in [-0.2, 0) is 6.54 Å². The Labute approximate surface area is 109 Å². The Morgan fingerprint density at radius 3 is 2.67 bits per heavy atom. The van der Waals surface area contributed by atoms with E-state index in [4.69, 9.17) is 11.6 Å². The van der Waals surface area contributed by atoms with E-state index >= 15 is 0 Å². The maximum absolute atomic E-state index is 12.0. The first-order valence-corrected chi connectivity index (χ1v) is 5.91. The molecule has 0 spiro atoms. The van der Waals surface area contributed by atoms with Crippen molar-refractivity contribution in [2.24, 2.45) is 0 Å². The van der Waals surface area contributed by atoms with E-state index in [1.807, 2.05) is 31.2 Å². The van der Waals surface area contributed by atoms with Gasteiger partial charge in [0.2, 0.25) is 0 Å². The molecule has 18 heavy (non-hydrogen) atoms. The van der Waals surface area contributed by atoms with E-state index in [1.165, 1.54) is 0 Å². The highest BCUT2D eigenvalue weighted by Crippen LogP contribution is 2.06. The third-order valence-electron chi connectivity index (χ3n) is 2.78. The zero-order valence-electron chi connectivity index (χ0n) is 10.2. The van der Waals surface area contributed by atoms with Crippen LogP contribution in [0.25, 0.3) is 0 Å². The maximum Gasteiger partial charge on any atom is 0.329 e. The number of aryl methyl sites for hydroxylation is 1. The second-order valence-corrected chi connectivity index (χ2v) is 4.63.